The van der Waals surface area contributed by atoms with Gasteiger partial charge in [-0.05, 0) is 12.5 Å². The highest BCUT2D eigenvalue weighted by Gasteiger charge is 2.24. The Morgan fingerprint density at radius 1 is 1.39 bits per heavy atom. The van der Waals surface area contributed by atoms with Gasteiger partial charge in [-0.3, -0.25) is 14.6 Å². The van der Waals surface area contributed by atoms with Crippen molar-refractivity contribution in [2.24, 2.45) is 0 Å². The molecule has 0 aliphatic rings. The van der Waals surface area contributed by atoms with Crippen LogP contribution in [0.1, 0.15) is 12.5 Å². The van der Waals surface area contributed by atoms with E-state index in [-0.39, 0.29) is 6.61 Å². The van der Waals surface area contributed by atoms with Gasteiger partial charge in [0.2, 0.25) is 0 Å². The number of hydroxylamine groups is 1. The van der Waals surface area contributed by atoms with E-state index < -0.39 is 19.8 Å². The average Bonchev–Trinajstić information content (AvgIpc) is 2.28. The van der Waals surface area contributed by atoms with Crippen molar-refractivity contribution in [1.82, 2.24) is 5.48 Å². The lowest BCUT2D eigenvalue weighted by Gasteiger charge is -2.13. The molecule has 0 bridgehead atoms. The van der Waals surface area contributed by atoms with Crippen LogP contribution in [0.5, 0.6) is 0 Å². The lowest BCUT2D eigenvalue weighted by atomic mass is 10.2. The van der Waals surface area contributed by atoms with E-state index in [9.17, 15) is 9.36 Å². The lowest BCUT2D eigenvalue weighted by molar-refractivity contribution is -0.142. The number of hydrogen-bond acceptors (Lipinski definition) is 5. The largest absolute Gasteiger partial charge is 0.527 e. The molecule has 0 radical (unpaired) electrons. The van der Waals surface area contributed by atoms with Gasteiger partial charge >= 0.3 is 13.8 Å². The van der Waals surface area contributed by atoms with Gasteiger partial charge in [0.15, 0.2) is 0 Å². The van der Waals surface area contributed by atoms with Crippen LogP contribution in [0.15, 0.2) is 30.3 Å². The first-order valence-corrected chi connectivity index (χ1v) is 6.62. The van der Waals surface area contributed by atoms with E-state index in [1.807, 2.05) is 30.3 Å². The molecule has 1 atom stereocenters. The second-order valence-corrected chi connectivity index (χ2v) is 4.68. The average molecular weight is 275 g/mol. The fourth-order valence-electron chi connectivity index (χ4n) is 1.07. The summed E-state index contributed by atoms with van der Waals surface area (Å²) in [6.45, 7) is 1.58. The molecule has 0 heterocycles. The molecule has 100 valence electrons. The quantitative estimate of drug-likeness (QED) is 0.519. The molecule has 0 spiro atoms. The molecule has 18 heavy (non-hydrogen) atoms. The lowest BCUT2D eigenvalue weighted by Crippen LogP contribution is -2.34. The van der Waals surface area contributed by atoms with Crippen LogP contribution in [0, 0.1) is 0 Å². The first-order chi connectivity index (χ1) is 8.38. The summed E-state index contributed by atoms with van der Waals surface area (Å²) in [4.78, 5) is 33.0. The van der Waals surface area contributed by atoms with Crippen LogP contribution in [0.4, 0.5) is 0 Å². The van der Waals surface area contributed by atoms with Crippen LogP contribution in [-0.2, 0) is 25.3 Å². The zero-order valence-corrected chi connectivity index (χ0v) is 10.5. The summed E-state index contributed by atoms with van der Waals surface area (Å²) in [6, 6.07) is 8.22. The second-order valence-electron chi connectivity index (χ2n) is 3.51. The molecular weight excluding hydrogens is 261 g/mol. The fraction of sp³-hybridized carbons (Fsp3) is 0.300. The van der Waals surface area contributed by atoms with Crippen molar-refractivity contribution in [1.29, 1.82) is 0 Å². The highest BCUT2D eigenvalue weighted by atomic mass is 31.2. The Hall–Kier alpha value is -1.24. The number of carbonyl (C=O) groups is 1. The first-order valence-electron chi connectivity index (χ1n) is 5.09. The smallest absolute Gasteiger partial charge is 0.369 e. The molecule has 0 aromatic heterocycles. The standard InChI is InChI=1S/C10H14NO6P/c1-8(10(12)17-18(13,14)15)11-16-7-9-5-3-2-4-6-9/h2-6,8,11H,7H2,1H3,(H2,13,14,15)/t8-/m1/s1. The number of rotatable bonds is 6. The number of phosphoric ester groups is 1. The first kappa shape index (κ1) is 14.8. The SMILES string of the molecule is C[C@@H](NOCc1ccccc1)C(=O)OP(=O)(O)O. The Morgan fingerprint density at radius 3 is 2.56 bits per heavy atom. The Bertz CT molecular complexity index is 431. The van der Waals surface area contributed by atoms with Gasteiger partial charge in [0.05, 0.1) is 6.61 Å². The molecule has 0 saturated heterocycles. The third-order valence-electron chi connectivity index (χ3n) is 1.90. The van der Waals surface area contributed by atoms with Crippen LogP contribution in [0.3, 0.4) is 0 Å². The molecule has 8 heteroatoms. The van der Waals surface area contributed by atoms with Crippen molar-refractivity contribution < 1.29 is 28.5 Å². The molecular formula is C10H14NO6P. The van der Waals surface area contributed by atoms with Crippen molar-refractivity contribution in [3.05, 3.63) is 35.9 Å². The summed E-state index contributed by atoms with van der Waals surface area (Å²) in [6.07, 6.45) is 0. The fourth-order valence-corrected chi connectivity index (χ4v) is 1.46. The Kier molecular flexibility index (Phi) is 5.46. The highest BCUT2D eigenvalue weighted by molar-refractivity contribution is 7.46. The molecule has 7 nitrogen and oxygen atoms in total. The van der Waals surface area contributed by atoms with Crippen LogP contribution in [0.25, 0.3) is 0 Å². The van der Waals surface area contributed by atoms with E-state index in [4.69, 9.17) is 14.6 Å². The van der Waals surface area contributed by atoms with E-state index in [1.165, 1.54) is 6.92 Å². The molecule has 0 aliphatic heterocycles. The van der Waals surface area contributed by atoms with Crippen LogP contribution >= 0.6 is 7.82 Å². The Morgan fingerprint density at radius 2 is 2.00 bits per heavy atom. The molecule has 0 unspecified atom stereocenters. The number of nitrogens with one attached hydrogen (secondary N) is 1. The molecule has 1 rings (SSSR count). The van der Waals surface area contributed by atoms with Crippen molar-refractivity contribution in [3.63, 3.8) is 0 Å². The van der Waals surface area contributed by atoms with E-state index in [0.29, 0.717) is 0 Å². The minimum Gasteiger partial charge on any atom is -0.369 e. The third kappa shape index (κ3) is 5.90. The highest BCUT2D eigenvalue weighted by Crippen LogP contribution is 2.36. The second kappa shape index (κ2) is 6.63. The summed E-state index contributed by atoms with van der Waals surface area (Å²) < 4.78 is 14.3. The van der Waals surface area contributed by atoms with Gasteiger partial charge in [0.25, 0.3) is 0 Å². The molecule has 0 fully saturated rings. The normalized spacial score (nSPS) is 13.1. The van der Waals surface area contributed by atoms with Gasteiger partial charge in [-0.1, -0.05) is 30.3 Å². The topological polar surface area (TPSA) is 105 Å². The molecule has 0 amide bonds. The van der Waals surface area contributed by atoms with Crippen molar-refractivity contribution in [3.8, 4) is 0 Å². The van der Waals surface area contributed by atoms with Gasteiger partial charge in [0.1, 0.15) is 6.04 Å². The van der Waals surface area contributed by atoms with E-state index >= 15 is 0 Å². The van der Waals surface area contributed by atoms with Crippen LogP contribution in [0.2, 0.25) is 0 Å². The maximum atomic E-state index is 11.1. The maximum Gasteiger partial charge on any atom is 0.527 e. The number of phosphoric acid groups is 1. The molecule has 3 N–H and O–H groups in total. The van der Waals surface area contributed by atoms with Crippen LogP contribution < -0.4 is 5.48 Å². The summed E-state index contributed by atoms with van der Waals surface area (Å²) >= 11 is 0. The third-order valence-corrected chi connectivity index (χ3v) is 2.32. The van der Waals surface area contributed by atoms with Gasteiger partial charge in [0, 0.05) is 0 Å². The molecule has 1 aromatic rings. The van der Waals surface area contributed by atoms with Gasteiger partial charge < -0.3 is 4.52 Å². The van der Waals surface area contributed by atoms with Crippen molar-refractivity contribution in [2.75, 3.05) is 0 Å². The van der Waals surface area contributed by atoms with Crippen LogP contribution in [-0.4, -0.2) is 21.8 Å². The van der Waals surface area contributed by atoms with E-state index in [2.05, 4.69) is 10.0 Å². The zero-order chi connectivity index (χ0) is 13.6. The van der Waals surface area contributed by atoms with E-state index in [0.717, 1.165) is 5.56 Å². The van der Waals surface area contributed by atoms with Gasteiger partial charge in [-0.15, -0.1) is 0 Å². The number of carbonyl (C=O) groups excluding carboxylic acids is 1. The monoisotopic (exact) mass is 275 g/mol. The van der Waals surface area contributed by atoms with Crippen molar-refractivity contribution in [2.45, 2.75) is 19.6 Å². The zero-order valence-electron chi connectivity index (χ0n) is 9.65. The molecule has 1 aromatic carbocycles. The summed E-state index contributed by atoms with van der Waals surface area (Å²) in [5.74, 6) is -1.09. The Labute approximate surface area is 104 Å². The number of hydrogen-bond donors (Lipinski definition) is 3. The summed E-state index contributed by atoms with van der Waals surface area (Å²) in [7, 11) is -4.81. The predicted octanol–water partition coefficient (Wildman–Crippen LogP) is 0.732. The predicted molar refractivity (Wildman–Crippen MR) is 62.0 cm³/mol. The summed E-state index contributed by atoms with van der Waals surface area (Å²) in [5, 5.41) is 0. The Balaban J connectivity index is 2.31. The minimum absolute atomic E-state index is 0.217. The molecule has 0 aliphatic carbocycles. The number of benzene rings is 1. The van der Waals surface area contributed by atoms with Gasteiger partial charge in [-0.2, -0.15) is 5.48 Å². The van der Waals surface area contributed by atoms with E-state index in [1.54, 1.807) is 0 Å². The van der Waals surface area contributed by atoms with Crippen molar-refractivity contribution >= 4 is 13.8 Å². The molecule has 0 saturated carbocycles. The summed E-state index contributed by atoms with van der Waals surface area (Å²) in [5.41, 5.74) is 3.22. The van der Waals surface area contributed by atoms with Gasteiger partial charge in [-0.25, -0.2) is 9.36 Å². The maximum absolute atomic E-state index is 11.1. The minimum atomic E-state index is -4.81.